The van der Waals surface area contributed by atoms with E-state index in [1.165, 1.54) is 0 Å². The van der Waals surface area contributed by atoms with Crippen LogP contribution in [0, 0.1) is 0 Å². The molecule has 0 unspecified atom stereocenters. The molecule has 1 fully saturated rings. The van der Waals surface area contributed by atoms with Crippen LogP contribution in [0.15, 0.2) is 41.0 Å². The molecule has 1 N–H and O–H groups in total. The molecule has 0 bridgehead atoms. The molecule has 0 radical (unpaired) electrons. The van der Waals surface area contributed by atoms with E-state index in [9.17, 15) is 18.0 Å². The van der Waals surface area contributed by atoms with Crippen LogP contribution in [0.4, 0.5) is 13.2 Å². The average molecular weight is 498 g/mol. The molecule has 0 aliphatic carbocycles. The van der Waals surface area contributed by atoms with Crippen LogP contribution < -0.4 is 5.32 Å². The number of carbonyl (C=O) groups is 1. The highest BCUT2D eigenvalue weighted by atomic mass is 79.9. The van der Waals surface area contributed by atoms with Crippen LogP contribution in [0.25, 0.3) is 16.9 Å². The Kier molecular flexibility index (Phi) is 6.26. The van der Waals surface area contributed by atoms with Crippen molar-refractivity contribution >= 4 is 27.5 Å². The standard InChI is InChI=1S/C20H19BrF3N5O2/c21-14-3-1-13(2-4-14)16-11-17(20(22,23)24)29-18(27-16)15(12-26-29)19(30)25-5-6-28-7-9-31-10-8-28/h1-4,11-12H,5-10H2,(H,25,30). The third-order valence-electron chi connectivity index (χ3n) is 4.96. The number of halogens is 4. The summed E-state index contributed by atoms with van der Waals surface area (Å²) in [5.41, 5.74) is -0.544. The van der Waals surface area contributed by atoms with Gasteiger partial charge in [-0.05, 0) is 18.2 Å². The Morgan fingerprint density at radius 1 is 1.19 bits per heavy atom. The minimum absolute atomic E-state index is 0.00793. The molecule has 0 spiro atoms. The second-order valence-corrected chi connectivity index (χ2v) is 7.95. The molecule has 3 aromatic rings. The number of morpholine rings is 1. The molecule has 31 heavy (non-hydrogen) atoms. The van der Waals surface area contributed by atoms with Crippen LogP contribution in [0.2, 0.25) is 0 Å². The first-order chi connectivity index (χ1) is 14.8. The molecule has 164 valence electrons. The molecular formula is C20H19BrF3N5O2. The van der Waals surface area contributed by atoms with E-state index in [4.69, 9.17) is 4.74 Å². The van der Waals surface area contributed by atoms with Crippen molar-refractivity contribution < 1.29 is 22.7 Å². The van der Waals surface area contributed by atoms with Gasteiger partial charge in [0, 0.05) is 36.2 Å². The van der Waals surface area contributed by atoms with Gasteiger partial charge >= 0.3 is 6.18 Å². The quantitative estimate of drug-likeness (QED) is 0.585. The summed E-state index contributed by atoms with van der Waals surface area (Å²) in [4.78, 5) is 19.1. The largest absolute Gasteiger partial charge is 0.433 e. The van der Waals surface area contributed by atoms with Crippen molar-refractivity contribution in [1.29, 1.82) is 0 Å². The smallest absolute Gasteiger partial charge is 0.379 e. The van der Waals surface area contributed by atoms with Crippen LogP contribution in [-0.2, 0) is 10.9 Å². The molecule has 0 atom stereocenters. The number of fused-ring (bicyclic) bond motifs is 1. The van der Waals surface area contributed by atoms with Gasteiger partial charge in [-0.25, -0.2) is 9.50 Å². The summed E-state index contributed by atoms with van der Waals surface area (Å²) in [6.45, 7) is 3.82. The molecule has 1 saturated heterocycles. The van der Waals surface area contributed by atoms with E-state index in [0.717, 1.165) is 29.8 Å². The normalized spacial score (nSPS) is 15.4. The van der Waals surface area contributed by atoms with Gasteiger partial charge in [-0.15, -0.1) is 0 Å². The fourth-order valence-corrected chi connectivity index (χ4v) is 3.61. The van der Waals surface area contributed by atoms with E-state index in [2.05, 4.69) is 36.2 Å². The maximum atomic E-state index is 13.7. The Morgan fingerprint density at radius 2 is 1.90 bits per heavy atom. The molecule has 1 amide bonds. The highest BCUT2D eigenvalue weighted by Crippen LogP contribution is 2.33. The van der Waals surface area contributed by atoms with Crippen molar-refractivity contribution in [2.24, 2.45) is 0 Å². The molecule has 4 rings (SSSR count). The fourth-order valence-electron chi connectivity index (χ4n) is 3.34. The molecule has 0 saturated carbocycles. The van der Waals surface area contributed by atoms with Crippen LogP contribution >= 0.6 is 15.9 Å². The lowest BCUT2D eigenvalue weighted by Gasteiger charge is -2.26. The molecule has 1 aromatic carbocycles. The number of carbonyl (C=O) groups excluding carboxylic acids is 1. The van der Waals surface area contributed by atoms with Crippen molar-refractivity contribution in [2.45, 2.75) is 6.18 Å². The number of alkyl halides is 3. The number of nitrogens with zero attached hydrogens (tertiary/aromatic N) is 4. The number of hydrogen-bond acceptors (Lipinski definition) is 5. The highest BCUT2D eigenvalue weighted by Gasteiger charge is 2.36. The zero-order valence-electron chi connectivity index (χ0n) is 16.3. The van der Waals surface area contributed by atoms with Gasteiger partial charge in [0.05, 0.1) is 25.1 Å². The van der Waals surface area contributed by atoms with E-state index in [1.54, 1.807) is 24.3 Å². The van der Waals surface area contributed by atoms with Gasteiger partial charge in [-0.1, -0.05) is 28.1 Å². The Bertz CT molecular complexity index is 1080. The van der Waals surface area contributed by atoms with Gasteiger partial charge in [0.2, 0.25) is 0 Å². The van der Waals surface area contributed by atoms with Crippen LogP contribution in [0.3, 0.4) is 0 Å². The summed E-state index contributed by atoms with van der Waals surface area (Å²) in [6, 6.07) is 7.67. The van der Waals surface area contributed by atoms with Gasteiger partial charge in [0.1, 0.15) is 5.56 Å². The molecule has 7 nitrogen and oxygen atoms in total. The lowest BCUT2D eigenvalue weighted by molar-refractivity contribution is -0.142. The minimum Gasteiger partial charge on any atom is -0.379 e. The molecule has 11 heteroatoms. The summed E-state index contributed by atoms with van der Waals surface area (Å²) < 4.78 is 47.8. The van der Waals surface area contributed by atoms with Crippen molar-refractivity contribution in [3.8, 4) is 11.3 Å². The Balaban J connectivity index is 1.63. The van der Waals surface area contributed by atoms with Crippen molar-refractivity contribution in [3.63, 3.8) is 0 Å². The number of amides is 1. The number of nitrogens with one attached hydrogen (secondary N) is 1. The fraction of sp³-hybridized carbons (Fsp3) is 0.350. The summed E-state index contributed by atoms with van der Waals surface area (Å²) in [6.07, 6.45) is -3.55. The third kappa shape index (κ3) is 4.89. The summed E-state index contributed by atoms with van der Waals surface area (Å²) >= 11 is 3.30. The summed E-state index contributed by atoms with van der Waals surface area (Å²) in [5.74, 6) is -0.517. The number of rotatable bonds is 5. The van der Waals surface area contributed by atoms with Crippen molar-refractivity contribution in [2.75, 3.05) is 39.4 Å². The van der Waals surface area contributed by atoms with Crippen molar-refractivity contribution in [1.82, 2.24) is 24.8 Å². The second kappa shape index (κ2) is 8.93. The van der Waals surface area contributed by atoms with Gasteiger partial charge in [0.25, 0.3) is 5.91 Å². The lowest BCUT2D eigenvalue weighted by atomic mass is 10.1. The third-order valence-corrected chi connectivity index (χ3v) is 5.49. The molecule has 1 aliphatic heterocycles. The zero-order chi connectivity index (χ0) is 22.0. The molecule has 1 aliphatic rings. The molecule has 3 heterocycles. The first kappa shape index (κ1) is 21.7. The van der Waals surface area contributed by atoms with Gasteiger partial charge in [0.15, 0.2) is 11.3 Å². The van der Waals surface area contributed by atoms with E-state index >= 15 is 0 Å². The first-order valence-corrected chi connectivity index (χ1v) is 10.4. The minimum atomic E-state index is -4.67. The van der Waals surface area contributed by atoms with Crippen LogP contribution in [-0.4, -0.2) is 64.8 Å². The zero-order valence-corrected chi connectivity index (χ0v) is 17.9. The highest BCUT2D eigenvalue weighted by molar-refractivity contribution is 9.10. The monoisotopic (exact) mass is 497 g/mol. The SMILES string of the molecule is O=C(NCCN1CCOCC1)c1cnn2c(C(F)(F)F)cc(-c3ccc(Br)cc3)nc12. The molecule has 2 aromatic heterocycles. The Hall–Kier alpha value is -2.50. The van der Waals surface area contributed by atoms with E-state index in [-0.39, 0.29) is 16.9 Å². The van der Waals surface area contributed by atoms with Crippen molar-refractivity contribution in [3.05, 3.63) is 52.3 Å². The topological polar surface area (TPSA) is 71.8 Å². The van der Waals surface area contributed by atoms with Crippen LogP contribution in [0.5, 0.6) is 0 Å². The van der Waals surface area contributed by atoms with Crippen LogP contribution in [0.1, 0.15) is 16.1 Å². The van der Waals surface area contributed by atoms with E-state index < -0.39 is 17.8 Å². The Morgan fingerprint density at radius 3 is 2.58 bits per heavy atom. The van der Waals surface area contributed by atoms with Gasteiger partial charge < -0.3 is 10.1 Å². The number of aromatic nitrogens is 3. The lowest BCUT2D eigenvalue weighted by Crippen LogP contribution is -2.41. The molecular weight excluding hydrogens is 479 g/mol. The van der Waals surface area contributed by atoms with Gasteiger partial charge in [-0.2, -0.15) is 18.3 Å². The predicted octanol–water partition coefficient (Wildman–Crippen LogP) is 3.24. The summed E-state index contributed by atoms with van der Waals surface area (Å²) in [5, 5.41) is 6.54. The maximum absolute atomic E-state index is 13.7. The number of benzene rings is 1. The number of ether oxygens (including phenoxy) is 1. The maximum Gasteiger partial charge on any atom is 0.433 e. The number of hydrogen-bond donors (Lipinski definition) is 1. The van der Waals surface area contributed by atoms with Gasteiger partial charge in [-0.3, -0.25) is 9.69 Å². The average Bonchev–Trinajstić information content (AvgIpc) is 3.17. The second-order valence-electron chi connectivity index (χ2n) is 7.03. The first-order valence-electron chi connectivity index (χ1n) is 9.63. The van der Waals surface area contributed by atoms with E-state index in [0.29, 0.717) is 36.4 Å². The Labute approximate surface area is 184 Å². The summed E-state index contributed by atoms with van der Waals surface area (Å²) in [7, 11) is 0. The van der Waals surface area contributed by atoms with E-state index in [1.807, 2.05) is 0 Å². The predicted molar refractivity (Wildman–Crippen MR) is 111 cm³/mol.